The van der Waals surface area contributed by atoms with Crippen LogP contribution in [0.5, 0.6) is 0 Å². The van der Waals surface area contributed by atoms with Crippen molar-refractivity contribution in [2.75, 3.05) is 19.7 Å². The third-order valence-electron chi connectivity index (χ3n) is 1.94. The first-order valence-electron chi connectivity index (χ1n) is 5.39. The van der Waals surface area contributed by atoms with E-state index in [1.54, 1.807) is 18.3 Å². The van der Waals surface area contributed by atoms with E-state index >= 15 is 0 Å². The lowest BCUT2D eigenvalue weighted by Gasteiger charge is -2.05. The summed E-state index contributed by atoms with van der Waals surface area (Å²) in [6.45, 7) is 6.48. The number of amides is 1. The molecular weight excluding hydrogens is 224 g/mol. The molecule has 5 heteroatoms. The Bertz CT molecular complexity index is 326. The van der Waals surface area contributed by atoms with E-state index in [0.29, 0.717) is 13.2 Å². The van der Waals surface area contributed by atoms with Gasteiger partial charge in [0.1, 0.15) is 0 Å². The fraction of sp³-hybridized carbons (Fsp3) is 0.545. The minimum Gasteiger partial charge on any atom is -0.450 e. The highest BCUT2D eigenvalue weighted by Gasteiger charge is 1.98. The van der Waals surface area contributed by atoms with Gasteiger partial charge in [-0.25, -0.2) is 4.79 Å². The first-order valence-corrected chi connectivity index (χ1v) is 6.20. The highest BCUT2D eigenvalue weighted by molar-refractivity contribution is 7.11. The Hall–Kier alpha value is -1.07. The van der Waals surface area contributed by atoms with E-state index in [4.69, 9.17) is 4.74 Å². The van der Waals surface area contributed by atoms with Crippen molar-refractivity contribution in [3.63, 3.8) is 0 Å². The van der Waals surface area contributed by atoms with Crippen molar-refractivity contribution in [2.24, 2.45) is 0 Å². The predicted molar refractivity (Wildman–Crippen MR) is 65.8 cm³/mol. The van der Waals surface area contributed by atoms with Crippen LogP contribution in [0, 0.1) is 6.92 Å². The number of alkyl carbamates (subject to hydrolysis) is 1. The van der Waals surface area contributed by atoms with Crippen LogP contribution in [-0.4, -0.2) is 25.8 Å². The number of rotatable bonds is 6. The highest BCUT2D eigenvalue weighted by atomic mass is 32.1. The lowest BCUT2D eigenvalue weighted by atomic mass is 10.4. The third kappa shape index (κ3) is 5.14. The molecule has 0 fully saturated rings. The molecule has 0 bridgehead atoms. The van der Waals surface area contributed by atoms with Gasteiger partial charge in [-0.15, -0.1) is 11.3 Å². The molecule has 0 spiro atoms. The molecule has 0 aliphatic rings. The topological polar surface area (TPSA) is 50.4 Å². The summed E-state index contributed by atoms with van der Waals surface area (Å²) in [4.78, 5) is 13.6. The van der Waals surface area contributed by atoms with Crippen molar-refractivity contribution in [3.05, 3.63) is 21.9 Å². The van der Waals surface area contributed by atoms with E-state index in [1.165, 1.54) is 9.75 Å². The van der Waals surface area contributed by atoms with E-state index in [-0.39, 0.29) is 6.09 Å². The van der Waals surface area contributed by atoms with E-state index < -0.39 is 0 Å². The normalized spacial score (nSPS) is 10.1. The van der Waals surface area contributed by atoms with Gasteiger partial charge < -0.3 is 15.4 Å². The van der Waals surface area contributed by atoms with Gasteiger partial charge in [-0.2, -0.15) is 0 Å². The molecule has 4 nitrogen and oxygen atoms in total. The van der Waals surface area contributed by atoms with Gasteiger partial charge in [-0.05, 0) is 26.0 Å². The van der Waals surface area contributed by atoms with Gasteiger partial charge in [0, 0.05) is 29.4 Å². The van der Waals surface area contributed by atoms with Crippen LogP contribution in [0.1, 0.15) is 16.7 Å². The maximum atomic E-state index is 10.9. The van der Waals surface area contributed by atoms with Crippen molar-refractivity contribution in [2.45, 2.75) is 20.4 Å². The van der Waals surface area contributed by atoms with Crippen LogP contribution in [0.4, 0.5) is 4.79 Å². The zero-order valence-electron chi connectivity index (χ0n) is 9.71. The van der Waals surface area contributed by atoms with E-state index in [9.17, 15) is 4.79 Å². The molecule has 1 aromatic rings. The summed E-state index contributed by atoms with van der Waals surface area (Å²) in [5, 5.41) is 5.91. The number of carbonyl (C=O) groups excluding carboxylic acids is 1. The molecule has 1 heterocycles. The minimum atomic E-state index is -0.351. The Morgan fingerprint density at radius 3 is 2.88 bits per heavy atom. The standard InChI is InChI=1S/C11H18N2O2S/c1-3-15-11(14)13-7-6-12-8-10-5-4-9(2)16-10/h4-5,12H,3,6-8H2,1-2H3,(H,13,14). The van der Waals surface area contributed by atoms with Crippen LogP contribution >= 0.6 is 11.3 Å². The lowest BCUT2D eigenvalue weighted by molar-refractivity contribution is 0.152. The van der Waals surface area contributed by atoms with Gasteiger partial charge in [0.15, 0.2) is 0 Å². The molecule has 0 aliphatic carbocycles. The maximum absolute atomic E-state index is 10.9. The number of aryl methyl sites for hydroxylation is 1. The van der Waals surface area contributed by atoms with Gasteiger partial charge in [-0.1, -0.05) is 0 Å². The monoisotopic (exact) mass is 242 g/mol. The molecular formula is C11H18N2O2S. The molecule has 90 valence electrons. The largest absolute Gasteiger partial charge is 0.450 e. The summed E-state index contributed by atoms with van der Waals surface area (Å²) in [5.41, 5.74) is 0. The van der Waals surface area contributed by atoms with Gasteiger partial charge >= 0.3 is 6.09 Å². The molecule has 0 radical (unpaired) electrons. The Morgan fingerprint density at radius 1 is 1.44 bits per heavy atom. The van der Waals surface area contributed by atoms with Crippen molar-refractivity contribution >= 4 is 17.4 Å². The van der Waals surface area contributed by atoms with Crippen LogP contribution < -0.4 is 10.6 Å². The molecule has 16 heavy (non-hydrogen) atoms. The summed E-state index contributed by atoms with van der Waals surface area (Å²) < 4.78 is 4.73. The molecule has 1 rings (SSSR count). The third-order valence-corrected chi connectivity index (χ3v) is 2.94. The van der Waals surface area contributed by atoms with Crippen molar-refractivity contribution < 1.29 is 9.53 Å². The van der Waals surface area contributed by atoms with Crippen LogP contribution in [0.3, 0.4) is 0 Å². The van der Waals surface area contributed by atoms with E-state index in [2.05, 4.69) is 29.7 Å². The molecule has 0 aromatic carbocycles. The second-order valence-corrected chi connectivity index (χ2v) is 4.71. The second kappa shape index (κ2) is 7.24. The summed E-state index contributed by atoms with van der Waals surface area (Å²) in [6, 6.07) is 4.23. The average molecular weight is 242 g/mol. The van der Waals surface area contributed by atoms with E-state index in [1.807, 2.05) is 0 Å². The molecule has 0 saturated heterocycles. The molecule has 1 amide bonds. The lowest BCUT2D eigenvalue weighted by Crippen LogP contribution is -2.31. The van der Waals surface area contributed by atoms with Gasteiger partial charge in [-0.3, -0.25) is 0 Å². The van der Waals surface area contributed by atoms with Crippen LogP contribution in [0.2, 0.25) is 0 Å². The number of hydrogen-bond acceptors (Lipinski definition) is 4. The van der Waals surface area contributed by atoms with Crippen LogP contribution in [0.25, 0.3) is 0 Å². The summed E-state index contributed by atoms with van der Waals surface area (Å²) in [7, 11) is 0. The zero-order valence-corrected chi connectivity index (χ0v) is 10.5. The molecule has 0 unspecified atom stereocenters. The Balaban J connectivity index is 2.02. The fourth-order valence-corrected chi connectivity index (χ4v) is 2.09. The highest BCUT2D eigenvalue weighted by Crippen LogP contribution is 2.14. The molecule has 1 aromatic heterocycles. The van der Waals surface area contributed by atoms with Gasteiger partial charge in [0.05, 0.1) is 6.61 Å². The molecule has 0 atom stereocenters. The number of ether oxygens (including phenoxy) is 1. The Labute approximate surface area is 100 Å². The Morgan fingerprint density at radius 2 is 2.25 bits per heavy atom. The summed E-state index contributed by atoms with van der Waals surface area (Å²) in [5.74, 6) is 0. The summed E-state index contributed by atoms with van der Waals surface area (Å²) >= 11 is 1.79. The van der Waals surface area contributed by atoms with Gasteiger partial charge in [0.2, 0.25) is 0 Å². The van der Waals surface area contributed by atoms with Crippen molar-refractivity contribution in [3.8, 4) is 0 Å². The van der Waals surface area contributed by atoms with Gasteiger partial charge in [0.25, 0.3) is 0 Å². The number of nitrogens with one attached hydrogen (secondary N) is 2. The SMILES string of the molecule is CCOC(=O)NCCNCc1ccc(C)s1. The number of hydrogen-bond donors (Lipinski definition) is 2. The van der Waals surface area contributed by atoms with Crippen molar-refractivity contribution in [1.82, 2.24) is 10.6 Å². The predicted octanol–water partition coefficient (Wildman–Crippen LogP) is 1.89. The first kappa shape index (κ1) is 13.0. The summed E-state index contributed by atoms with van der Waals surface area (Å²) in [6.07, 6.45) is -0.351. The molecule has 2 N–H and O–H groups in total. The van der Waals surface area contributed by atoms with Crippen LogP contribution in [0.15, 0.2) is 12.1 Å². The fourth-order valence-electron chi connectivity index (χ4n) is 1.23. The first-order chi connectivity index (χ1) is 7.72. The molecule has 0 aliphatic heterocycles. The van der Waals surface area contributed by atoms with Crippen LogP contribution in [-0.2, 0) is 11.3 Å². The number of thiophene rings is 1. The van der Waals surface area contributed by atoms with E-state index in [0.717, 1.165) is 13.1 Å². The zero-order chi connectivity index (χ0) is 11.8. The quantitative estimate of drug-likeness (QED) is 0.749. The molecule has 0 saturated carbocycles. The second-order valence-electron chi connectivity index (χ2n) is 3.34. The Kier molecular flexibility index (Phi) is 5.88. The van der Waals surface area contributed by atoms with Crippen molar-refractivity contribution in [1.29, 1.82) is 0 Å². The number of carbonyl (C=O) groups is 1. The average Bonchev–Trinajstić information content (AvgIpc) is 2.64. The minimum absolute atomic E-state index is 0.351. The smallest absolute Gasteiger partial charge is 0.407 e. The maximum Gasteiger partial charge on any atom is 0.407 e.